The summed E-state index contributed by atoms with van der Waals surface area (Å²) in [6.45, 7) is 0. The molecule has 5 heteroatoms. The second kappa shape index (κ2) is 12.9. The third kappa shape index (κ3) is 5.84. The predicted molar refractivity (Wildman–Crippen MR) is 210 cm³/mol. The highest BCUT2D eigenvalue weighted by Crippen LogP contribution is 2.41. The third-order valence-corrected chi connectivity index (χ3v) is 10.3. The van der Waals surface area contributed by atoms with Crippen LogP contribution in [0.15, 0.2) is 170 Å². The van der Waals surface area contributed by atoms with Gasteiger partial charge in [-0.1, -0.05) is 146 Å². The molecule has 2 heterocycles. The van der Waals surface area contributed by atoms with Gasteiger partial charge in [-0.3, -0.25) is 0 Å². The highest BCUT2D eigenvalue weighted by Gasteiger charge is 2.16. The van der Waals surface area contributed by atoms with Crippen molar-refractivity contribution in [1.29, 1.82) is 5.26 Å². The molecule has 7 aromatic carbocycles. The van der Waals surface area contributed by atoms with Crippen molar-refractivity contribution >= 4 is 31.5 Å². The highest BCUT2D eigenvalue weighted by atomic mass is 32.1. The zero-order valence-electron chi connectivity index (χ0n) is 27.4. The molecule has 0 radical (unpaired) electrons. The fourth-order valence-corrected chi connectivity index (χ4v) is 7.75. The van der Waals surface area contributed by atoms with Gasteiger partial charge in [0.15, 0.2) is 17.5 Å². The predicted octanol–water partition coefficient (Wildman–Crippen LogP) is 12.1. The molecule has 0 aliphatic rings. The summed E-state index contributed by atoms with van der Waals surface area (Å²) in [5.41, 5.74) is 10.4. The number of aromatic nitrogens is 3. The van der Waals surface area contributed by atoms with E-state index in [4.69, 9.17) is 15.0 Å². The zero-order valence-corrected chi connectivity index (χ0v) is 28.2. The maximum Gasteiger partial charge on any atom is 0.164 e. The molecule has 0 aliphatic heterocycles. The number of nitrogens with zero attached hydrogens (tertiary/aromatic N) is 4. The number of hydrogen-bond donors (Lipinski definition) is 0. The Kier molecular flexibility index (Phi) is 7.70. The van der Waals surface area contributed by atoms with Crippen molar-refractivity contribution in [2.45, 2.75) is 0 Å². The molecule has 51 heavy (non-hydrogen) atoms. The van der Waals surface area contributed by atoms with Gasteiger partial charge < -0.3 is 0 Å². The van der Waals surface area contributed by atoms with E-state index < -0.39 is 0 Å². The molecule has 0 amide bonds. The van der Waals surface area contributed by atoms with Crippen molar-refractivity contribution in [3.05, 3.63) is 175 Å². The molecule has 9 aromatic rings. The van der Waals surface area contributed by atoms with Gasteiger partial charge in [0, 0.05) is 36.9 Å². The van der Waals surface area contributed by atoms with Crippen LogP contribution >= 0.6 is 11.3 Å². The Morgan fingerprint density at radius 3 is 1.47 bits per heavy atom. The Morgan fingerprint density at radius 2 is 0.863 bits per heavy atom. The molecule has 4 nitrogen and oxygen atoms in total. The highest BCUT2D eigenvalue weighted by molar-refractivity contribution is 7.26. The fourth-order valence-electron chi connectivity index (χ4n) is 6.58. The molecule has 0 unspecified atom stereocenters. The monoisotopic (exact) mass is 668 g/mol. The Morgan fingerprint density at radius 1 is 0.392 bits per heavy atom. The van der Waals surface area contributed by atoms with Crippen molar-refractivity contribution in [3.63, 3.8) is 0 Å². The summed E-state index contributed by atoms with van der Waals surface area (Å²) in [4.78, 5) is 15.0. The van der Waals surface area contributed by atoms with Crippen LogP contribution in [0, 0.1) is 11.3 Å². The lowest BCUT2D eigenvalue weighted by Crippen LogP contribution is -2.00. The fraction of sp³-hybridized carbons (Fsp3) is 0. The summed E-state index contributed by atoms with van der Waals surface area (Å²) in [5.74, 6) is 1.87. The topological polar surface area (TPSA) is 62.5 Å². The van der Waals surface area contributed by atoms with E-state index in [9.17, 15) is 5.26 Å². The van der Waals surface area contributed by atoms with Gasteiger partial charge in [0.2, 0.25) is 0 Å². The van der Waals surface area contributed by atoms with Crippen LogP contribution in [0.3, 0.4) is 0 Å². The van der Waals surface area contributed by atoms with E-state index in [1.807, 2.05) is 72.8 Å². The van der Waals surface area contributed by atoms with Crippen molar-refractivity contribution < 1.29 is 0 Å². The molecule has 9 rings (SSSR count). The van der Waals surface area contributed by atoms with E-state index in [0.717, 1.165) is 27.8 Å². The van der Waals surface area contributed by atoms with Gasteiger partial charge in [0.1, 0.15) is 0 Å². The molecule has 0 saturated heterocycles. The van der Waals surface area contributed by atoms with E-state index in [1.165, 1.54) is 42.4 Å². The Bertz CT molecular complexity index is 2710. The summed E-state index contributed by atoms with van der Waals surface area (Å²) >= 11 is 1.79. The quantitative estimate of drug-likeness (QED) is 0.177. The van der Waals surface area contributed by atoms with Gasteiger partial charge >= 0.3 is 0 Å². The summed E-state index contributed by atoms with van der Waals surface area (Å²) in [6, 6.07) is 60.6. The lowest BCUT2D eigenvalue weighted by Gasteiger charge is -2.10. The largest absolute Gasteiger partial charge is 0.208 e. The average molecular weight is 669 g/mol. The molecule has 0 aliphatic carbocycles. The molecule has 2 aromatic heterocycles. The molecule has 0 spiro atoms. The first kappa shape index (κ1) is 30.3. The summed E-state index contributed by atoms with van der Waals surface area (Å²) in [6.07, 6.45) is 0. The first-order chi connectivity index (χ1) is 25.2. The standard InChI is InChI=1S/C46H28N4S/c47-29-30-14-16-32(17-15-30)34-20-24-37(25-21-34)45-48-44(36-10-5-2-6-11-36)49-46(50-45)38-26-27-40-42(28-38)51-41-13-7-12-39(43(40)41)35-22-18-33(19-23-35)31-8-3-1-4-9-31/h1-28H. The van der Waals surface area contributed by atoms with Crippen LogP contribution in [0.25, 0.3) is 87.7 Å². The Hall–Kier alpha value is -6.74. The number of benzene rings is 7. The van der Waals surface area contributed by atoms with Gasteiger partial charge in [0.05, 0.1) is 11.6 Å². The van der Waals surface area contributed by atoms with Crippen LogP contribution in [0.5, 0.6) is 0 Å². The third-order valence-electron chi connectivity index (χ3n) is 9.22. The van der Waals surface area contributed by atoms with Crippen LogP contribution < -0.4 is 0 Å². The molecular formula is C46H28N4S. The van der Waals surface area contributed by atoms with Crippen LogP contribution in [0.2, 0.25) is 0 Å². The van der Waals surface area contributed by atoms with E-state index in [-0.39, 0.29) is 0 Å². The normalized spacial score (nSPS) is 11.1. The average Bonchev–Trinajstić information content (AvgIpc) is 3.60. The first-order valence-electron chi connectivity index (χ1n) is 16.7. The molecule has 0 fully saturated rings. The lowest BCUT2D eigenvalue weighted by atomic mass is 9.97. The van der Waals surface area contributed by atoms with Gasteiger partial charge in [0.25, 0.3) is 0 Å². The van der Waals surface area contributed by atoms with E-state index in [0.29, 0.717) is 23.0 Å². The number of fused-ring (bicyclic) bond motifs is 3. The van der Waals surface area contributed by atoms with Crippen LogP contribution in [0.1, 0.15) is 5.56 Å². The number of rotatable bonds is 6. The molecule has 0 saturated carbocycles. The maximum atomic E-state index is 9.18. The summed E-state index contributed by atoms with van der Waals surface area (Å²) < 4.78 is 2.43. The maximum absolute atomic E-state index is 9.18. The Balaban J connectivity index is 1.11. The smallest absolute Gasteiger partial charge is 0.164 e. The molecule has 238 valence electrons. The number of thiophene rings is 1. The van der Waals surface area contributed by atoms with Crippen molar-refractivity contribution in [2.24, 2.45) is 0 Å². The summed E-state index contributed by atoms with van der Waals surface area (Å²) in [5, 5.41) is 11.7. The summed E-state index contributed by atoms with van der Waals surface area (Å²) in [7, 11) is 0. The van der Waals surface area contributed by atoms with Crippen LogP contribution in [-0.4, -0.2) is 15.0 Å². The van der Waals surface area contributed by atoms with Gasteiger partial charge in [-0.15, -0.1) is 11.3 Å². The van der Waals surface area contributed by atoms with E-state index in [1.54, 1.807) is 11.3 Å². The first-order valence-corrected chi connectivity index (χ1v) is 17.6. The lowest BCUT2D eigenvalue weighted by molar-refractivity contribution is 1.07. The van der Waals surface area contributed by atoms with Gasteiger partial charge in [-0.25, -0.2) is 15.0 Å². The SMILES string of the molecule is N#Cc1ccc(-c2ccc(-c3nc(-c4ccccc4)nc(-c4ccc5c(c4)sc4cccc(-c6ccc(-c7ccccc7)cc6)c45)n3)cc2)cc1. The van der Waals surface area contributed by atoms with E-state index in [2.05, 4.69) is 103 Å². The molecular weight excluding hydrogens is 641 g/mol. The number of hydrogen-bond acceptors (Lipinski definition) is 5. The minimum atomic E-state index is 0.614. The van der Waals surface area contributed by atoms with Crippen molar-refractivity contribution in [1.82, 2.24) is 15.0 Å². The minimum absolute atomic E-state index is 0.614. The van der Waals surface area contributed by atoms with Crippen LogP contribution in [0.4, 0.5) is 0 Å². The van der Waals surface area contributed by atoms with Crippen molar-refractivity contribution in [3.8, 4) is 73.6 Å². The molecule has 0 atom stereocenters. The molecule has 0 N–H and O–H groups in total. The van der Waals surface area contributed by atoms with Gasteiger partial charge in [-0.05, 0) is 57.6 Å². The minimum Gasteiger partial charge on any atom is -0.208 e. The second-order valence-corrected chi connectivity index (χ2v) is 13.5. The van der Waals surface area contributed by atoms with Crippen molar-refractivity contribution in [2.75, 3.05) is 0 Å². The zero-order chi connectivity index (χ0) is 34.1. The Labute approximate surface area is 299 Å². The van der Waals surface area contributed by atoms with Gasteiger partial charge in [-0.2, -0.15) is 5.26 Å². The second-order valence-electron chi connectivity index (χ2n) is 12.4. The number of nitriles is 1. The molecule has 0 bridgehead atoms. The van der Waals surface area contributed by atoms with E-state index >= 15 is 0 Å². The van der Waals surface area contributed by atoms with Crippen LogP contribution in [-0.2, 0) is 0 Å².